The predicted molar refractivity (Wildman–Crippen MR) is 120 cm³/mol. The zero-order valence-corrected chi connectivity index (χ0v) is 19.0. The molecule has 0 amide bonds. The molecule has 0 radical (unpaired) electrons. The molecule has 2 heterocycles. The van der Waals surface area contributed by atoms with Crippen LogP contribution in [0.25, 0.3) is 0 Å². The summed E-state index contributed by atoms with van der Waals surface area (Å²) in [7, 11) is 0. The molecule has 1 aliphatic rings. The third-order valence-corrected chi connectivity index (χ3v) is 6.46. The minimum absolute atomic E-state index is 0.0381. The van der Waals surface area contributed by atoms with Gasteiger partial charge in [0.1, 0.15) is 0 Å². The van der Waals surface area contributed by atoms with Gasteiger partial charge in [0.25, 0.3) is 0 Å². The van der Waals surface area contributed by atoms with E-state index in [2.05, 4.69) is 15.2 Å². The van der Waals surface area contributed by atoms with E-state index >= 15 is 0 Å². The molecule has 1 saturated heterocycles. The standard InChI is InChI=1S/C24H24F6N4O2/c25-23(26,27)18-12-16(13-19(14-18)24(28,29)30)6-11-36-15-22(17-4-2-1-3-5-17)7-9-34(10-8-22)20-31-21(35)33-32-20/h1-5,12-14H,6-11,15H2,(H2,31,32,33,35). The van der Waals surface area contributed by atoms with Gasteiger partial charge < -0.3 is 9.64 Å². The summed E-state index contributed by atoms with van der Waals surface area (Å²) in [5.41, 5.74) is -2.55. The third kappa shape index (κ3) is 5.92. The number of halogens is 6. The van der Waals surface area contributed by atoms with Gasteiger partial charge in [-0.25, -0.2) is 9.89 Å². The summed E-state index contributed by atoms with van der Waals surface area (Å²) >= 11 is 0. The highest BCUT2D eigenvalue weighted by Crippen LogP contribution is 2.38. The largest absolute Gasteiger partial charge is 0.416 e. The smallest absolute Gasteiger partial charge is 0.380 e. The van der Waals surface area contributed by atoms with Crippen molar-refractivity contribution in [3.8, 4) is 0 Å². The lowest BCUT2D eigenvalue weighted by atomic mass is 9.73. The Morgan fingerprint density at radius 3 is 2.08 bits per heavy atom. The van der Waals surface area contributed by atoms with Gasteiger partial charge in [0.05, 0.1) is 24.3 Å². The summed E-state index contributed by atoms with van der Waals surface area (Å²) < 4.78 is 84.7. The molecule has 6 nitrogen and oxygen atoms in total. The average Bonchev–Trinajstić information content (AvgIpc) is 3.28. The van der Waals surface area contributed by atoms with Gasteiger partial charge in [-0.3, -0.25) is 4.98 Å². The number of alkyl halides is 6. The first-order valence-corrected chi connectivity index (χ1v) is 11.3. The lowest BCUT2D eigenvalue weighted by Crippen LogP contribution is -2.46. The minimum atomic E-state index is -4.89. The number of rotatable bonds is 7. The summed E-state index contributed by atoms with van der Waals surface area (Å²) in [6.07, 6.45) is -8.58. The Labute approximate surface area is 202 Å². The van der Waals surface area contributed by atoms with Crippen LogP contribution in [-0.4, -0.2) is 41.5 Å². The van der Waals surface area contributed by atoms with Crippen molar-refractivity contribution in [1.82, 2.24) is 15.2 Å². The van der Waals surface area contributed by atoms with Crippen molar-refractivity contribution in [1.29, 1.82) is 0 Å². The molecule has 2 aromatic carbocycles. The van der Waals surface area contributed by atoms with Crippen LogP contribution in [0.15, 0.2) is 53.3 Å². The summed E-state index contributed by atoms with van der Waals surface area (Å²) in [5, 5.41) is 6.29. The molecule has 0 aliphatic carbocycles. The second-order valence-electron chi connectivity index (χ2n) is 8.85. The van der Waals surface area contributed by atoms with Gasteiger partial charge in [-0.15, -0.1) is 5.10 Å². The Hall–Kier alpha value is -3.28. The second-order valence-corrected chi connectivity index (χ2v) is 8.85. The fourth-order valence-electron chi connectivity index (χ4n) is 4.49. The third-order valence-electron chi connectivity index (χ3n) is 6.46. The number of benzene rings is 2. The van der Waals surface area contributed by atoms with Crippen LogP contribution in [0.5, 0.6) is 0 Å². The van der Waals surface area contributed by atoms with Gasteiger partial charge in [0.2, 0.25) is 5.95 Å². The molecule has 0 bridgehead atoms. The topological polar surface area (TPSA) is 74.0 Å². The van der Waals surface area contributed by atoms with Crippen molar-refractivity contribution in [3.63, 3.8) is 0 Å². The average molecular weight is 514 g/mol. The number of nitrogens with one attached hydrogen (secondary N) is 2. The van der Waals surface area contributed by atoms with Gasteiger partial charge in [-0.05, 0) is 48.6 Å². The first-order chi connectivity index (χ1) is 17.0. The van der Waals surface area contributed by atoms with Crippen LogP contribution in [0.3, 0.4) is 0 Å². The molecule has 3 aromatic rings. The maximum atomic E-state index is 13.1. The zero-order chi connectivity index (χ0) is 26.0. The number of hydrogen-bond acceptors (Lipinski definition) is 4. The molecule has 194 valence electrons. The predicted octanol–water partition coefficient (Wildman–Crippen LogP) is 4.93. The highest BCUT2D eigenvalue weighted by molar-refractivity contribution is 5.35. The lowest BCUT2D eigenvalue weighted by molar-refractivity contribution is -0.143. The van der Waals surface area contributed by atoms with Gasteiger partial charge in [-0.2, -0.15) is 26.3 Å². The van der Waals surface area contributed by atoms with E-state index in [0.29, 0.717) is 31.9 Å². The van der Waals surface area contributed by atoms with E-state index in [0.717, 1.165) is 17.7 Å². The molecular formula is C24H24F6N4O2. The van der Waals surface area contributed by atoms with E-state index in [9.17, 15) is 31.1 Å². The summed E-state index contributed by atoms with van der Waals surface area (Å²) in [4.78, 5) is 15.9. The van der Waals surface area contributed by atoms with Crippen LogP contribution in [0, 0.1) is 0 Å². The van der Waals surface area contributed by atoms with Crippen LogP contribution in [0.1, 0.15) is 35.1 Å². The Morgan fingerprint density at radius 2 is 1.56 bits per heavy atom. The number of hydrogen-bond donors (Lipinski definition) is 2. The lowest BCUT2D eigenvalue weighted by Gasteiger charge is -2.42. The van der Waals surface area contributed by atoms with Gasteiger partial charge in [0.15, 0.2) is 0 Å². The molecule has 0 atom stereocenters. The molecule has 0 saturated carbocycles. The van der Waals surface area contributed by atoms with E-state index in [1.54, 1.807) is 0 Å². The molecular weight excluding hydrogens is 490 g/mol. The van der Waals surface area contributed by atoms with Crippen molar-refractivity contribution >= 4 is 5.95 Å². The van der Waals surface area contributed by atoms with E-state index in [4.69, 9.17) is 4.74 Å². The normalized spacial score (nSPS) is 16.3. The Morgan fingerprint density at radius 1 is 0.944 bits per heavy atom. The molecule has 1 aromatic heterocycles. The summed E-state index contributed by atoms with van der Waals surface area (Å²) in [6.45, 7) is 1.35. The summed E-state index contributed by atoms with van der Waals surface area (Å²) in [6, 6.07) is 11.2. The van der Waals surface area contributed by atoms with Crippen LogP contribution in [0.4, 0.5) is 32.3 Å². The van der Waals surface area contributed by atoms with Gasteiger partial charge >= 0.3 is 18.0 Å². The van der Waals surface area contributed by atoms with E-state index in [1.807, 2.05) is 35.2 Å². The number of aromatic nitrogens is 3. The highest BCUT2D eigenvalue weighted by Gasteiger charge is 2.38. The van der Waals surface area contributed by atoms with Crippen LogP contribution in [-0.2, 0) is 28.9 Å². The molecule has 0 unspecified atom stereocenters. The quantitative estimate of drug-likeness (QED) is 0.346. The Bertz CT molecular complexity index is 1180. The second kappa shape index (κ2) is 10.00. The van der Waals surface area contributed by atoms with Crippen LogP contribution < -0.4 is 10.6 Å². The summed E-state index contributed by atoms with van der Waals surface area (Å²) in [5.74, 6) is 0.438. The fourth-order valence-corrected chi connectivity index (χ4v) is 4.49. The molecule has 12 heteroatoms. The molecule has 1 aliphatic heterocycles. The molecule has 36 heavy (non-hydrogen) atoms. The molecule has 4 rings (SSSR count). The SMILES string of the molecule is O=c1[nH]nc(N2CCC(COCCc3cc(C(F)(F)F)cc(C(F)(F)F)c3)(c3ccccc3)CC2)[nH]1. The molecule has 1 fully saturated rings. The van der Waals surface area contributed by atoms with Gasteiger partial charge in [0, 0.05) is 18.5 Å². The van der Waals surface area contributed by atoms with Crippen molar-refractivity contribution < 1.29 is 31.1 Å². The molecule has 2 N–H and O–H groups in total. The van der Waals surface area contributed by atoms with Gasteiger partial charge in [-0.1, -0.05) is 30.3 Å². The van der Waals surface area contributed by atoms with Crippen molar-refractivity contribution in [2.75, 3.05) is 31.2 Å². The maximum absolute atomic E-state index is 13.1. The van der Waals surface area contributed by atoms with E-state index < -0.39 is 34.6 Å². The zero-order valence-electron chi connectivity index (χ0n) is 19.0. The minimum Gasteiger partial charge on any atom is -0.380 e. The first kappa shape index (κ1) is 25.8. The number of nitrogens with zero attached hydrogens (tertiary/aromatic N) is 2. The number of piperidine rings is 1. The van der Waals surface area contributed by atoms with Crippen molar-refractivity contribution in [3.05, 3.63) is 81.3 Å². The van der Waals surface area contributed by atoms with Crippen molar-refractivity contribution in [2.45, 2.75) is 37.0 Å². The first-order valence-electron chi connectivity index (χ1n) is 11.3. The highest BCUT2D eigenvalue weighted by atomic mass is 19.4. The maximum Gasteiger partial charge on any atom is 0.416 e. The van der Waals surface area contributed by atoms with E-state index in [-0.39, 0.29) is 31.3 Å². The van der Waals surface area contributed by atoms with Crippen LogP contribution in [0.2, 0.25) is 0 Å². The monoisotopic (exact) mass is 514 g/mol. The van der Waals surface area contributed by atoms with E-state index in [1.165, 1.54) is 0 Å². The fraction of sp³-hybridized carbons (Fsp3) is 0.417. The van der Waals surface area contributed by atoms with Crippen LogP contribution >= 0.6 is 0 Å². The Kier molecular flexibility index (Phi) is 7.17. The number of aromatic amines is 2. The number of H-pyrrole nitrogens is 2. The number of ether oxygens (including phenoxy) is 1. The Balaban J connectivity index is 1.45. The molecule has 0 spiro atoms. The van der Waals surface area contributed by atoms with Crippen molar-refractivity contribution in [2.24, 2.45) is 0 Å². The number of anilines is 1.